The Morgan fingerprint density at radius 3 is 2.54 bits per heavy atom. The Morgan fingerprint density at radius 1 is 1.25 bits per heavy atom. The van der Waals surface area contributed by atoms with E-state index in [1.807, 2.05) is 0 Å². The number of nitrogens with one attached hydrogen (secondary N) is 1. The molecule has 3 amide bonds. The number of carbonyl (C=O) groups is 3. The molecule has 2 N–H and O–H groups in total. The van der Waals surface area contributed by atoms with Gasteiger partial charge >= 0.3 is 12.0 Å². The smallest absolute Gasteiger partial charge is 0.334 e. The van der Waals surface area contributed by atoms with Gasteiger partial charge in [-0.2, -0.15) is 0 Å². The third-order valence-corrected chi connectivity index (χ3v) is 4.11. The van der Waals surface area contributed by atoms with Crippen LogP contribution in [0.3, 0.4) is 0 Å². The molecule has 2 atom stereocenters. The summed E-state index contributed by atoms with van der Waals surface area (Å²) in [7, 11) is 0. The molecular formula is C16H19N3O5. The Balaban J connectivity index is 1.72. The molecule has 0 bridgehead atoms. The zero-order chi connectivity index (χ0) is 17.3. The van der Waals surface area contributed by atoms with Crippen molar-refractivity contribution in [2.45, 2.75) is 19.1 Å². The molecule has 0 aromatic heterocycles. The van der Waals surface area contributed by atoms with E-state index in [4.69, 9.17) is 9.84 Å². The van der Waals surface area contributed by atoms with E-state index in [9.17, 15) is 14.4 Å². The van der Waals surface area contributed by atoms with Crippen molar-refractivity contribution in [2.24, 2.45) is 0 Å². The highest BCUT2D eigenvalue weighted by atomic mass is 16.5. The number of carboxylic acids is 1. The predicted molar refractivity (Wildman–Crippen MR) is 85.1 cm³/mol. The van der Waals surface area contributed by atoms with Crippen molar-refractivity contribution in [1.82, 2.24) is 10.2 Å². The lowest BCUT2D eigenvalue weighted by atomic mass is 10.1. The molecule has 2 aliphatic rings. The number of anilines is 1. The van der Waals surface area contributed by atoms with Crippen molar-refractivity contribution >= 4 is 23.6 Å². The molecule has 2 saturated heterocycles. The summed E-state index contributed by atoms with van der Waals surface area (Å²) < 4.78 is 5.32. The average Bonchev–Trinajstić information content (AvgIpc) is 2.99. The lowest BCUT2D eigenvalue weighted by molar-refractivity contribution is -0.160. The third-order valence-electron chi connectivity index (χ3n) is 4.11. The molecule has 3 rings (SSSR count). The van der Waals surface area contributed by atoms with Gasteiger partial charge in [-0.3, -0.25) is 9.69 Å². The van der Waals surface area contributed by atoms with Crippen LogP contribution in [0.4, 0.5) is 10.5 Å². The molecule has 128 valence electrons. The lowest BCUT2D eigenvalue weighted by Gasteiger charge is -2.35. The molecule has 2 fully saturated rings. The van der Waals surface area contributed by atoms with E-state index in [1.165, 1.54) is 4.90 Å². The summed E-state index contributed by atoms with van der Waals surface area (Å²) in [6, 6.07) is 6.59. The first kappa shape index (κ1) is 16.3. The average molecular weight is 333 g/mol. The van der Waals surface area contributed by atoms with Gasteiger partial charge in [-0.1, -0.05) is 0 Å². The molecule has 0 radical (unpaired) electrons. The molecule has 8 nitrogen and oxygen atoms in total. The van der Waals surface area contributed by atoms with Gasteiger partial charge in [-0.05, 0) is 31.2 Å². The number of hydrogen-bond donors (Lipinski definition) is 2. The van der Waals surface area contributed by atoms with E-state index in [1.54, 1.807) is 36.1 Å². The van der Waals surface area contributed by atoms with Crippen molar-refractivity contribution in [3.63, 3.8) is 0 Å². The predicted octanol–water partition coefficient (Wildman–Crippen LogP) is 0.530. The Kier molecular flexibility index (Phi) is 4.39. The summed E-state index contributed by atoms with van der Waals surface area (Å²) in [5, 5.41) is 11.8. The zero-order valence-electron chi connectivity index (χ0n) is 13.3. The van der Waals surface area contributed by atoms with Crippen LogP contribution in [0.2, 0.25) is 0 Å². The molecule has 1 aromatic rings. The lowest BCUT2D eigenvalue weighted by Crippen LogP contribution is -2.51. The number of morpholine rings is 1. The van der Waals surface area contributed by atoms with Crippen molar-refractivity contribution in [3.05, 3.63) is 29.8 Å². The minimum atomic E-state index is -1.07. The van der Waals surface area contributed by atoms with Crippen molar-refractivity contribution < 1.29 is 24.2 Å². The Bertz CT molecular complexity index is 660. The number of carbonyl (C=O) groups excluding carboxylic acids is 2. The fourth-order valence-corrected chi connectivity index (χ4v) is 2.94. The van der Waals surface area contributed by atoms with E-state index in [0.717, 1.165) is 5.69 Å². The Labute approximate surface area is 139 Å². The summed E-state index contributed by atoms with van der Waals surface area (Å²) in [5.74, 6) is -1.32. The SMILES string of the molecule is C[C@@H]1CN(C(=O)c2ccc(N3CCNC3=O)cc2)CC(C(=O)O)O1. The number of amides is 3. The van der Waals surface area contributed by atoms with Crippen LogP contribution < -0.4 is 10.2 Å². The number of aliphatic carboxylic acids is 1. The summed E-state index contributed by atoms with van der Waals surface area (Å²) in [4.78, 5) is 38.5. The molecule has 0 spiro atoms. The van der Waals surface area contributed by atoms with Crippen LogP contribution in [-0.4, -0.2) is 66.3 Å². The molecular weight excluding hydrogens is 314 g/mol. The quantitative estimate of drug-likeness (QED) is 0.841. The highest BCUT2D eigenvalue weighted by molar-refractivity contribution is 5.97. The molecule has 2 aliphatic heterocycles. The Hall–Kier alpha value is -2.61. The Morgan fingerprint density at radius 2 is 1.96 bits per heavy atom. The van der Waals surface area contributed by atoms with Gasteiger partial charge in [0.1, 0.15) is 0 Å². The van der Waals surface area contributed by atoms with Crippen LogP contribution in [0, 0.1) is 0 Å². The van der Waals surface area contributed by atoms with Gasteiger partial charge in [0.25, 0.3) is 5.91 Å². The maximum Gasteiger partial charge on any atom is 0.334 e. The molecule has 1 aromatic carbocycles. The molecule has 2 heterocycles. The van der Waals surface area contributed by atoms with E-state index < -0.39 is 12.1 Å². The first-order valence-corrected chi connectivity index (χ1v) is 7.78. The third kappa shape index (κ3) is 3.18. The molecule has 0 aliphatic carbocycles. The second-order valence-electron chi connectivity index (χ2n) is 5.91. The maximum atomic E-state index is 12.6. The fraction of sp³-hybridized carbons (Fsp3) is 0.438. The van der Waals surface area contributed by atoms with E-state index >= 15 is 0 Å². The van der Waals surface area contributed by atoms with Crippen LogP contribution in [0.1, 0.15) is 17.3 Å². The number of rotatable bonds is 3. The second kappa shape index (κ2) is 6.48. The fourth-order valence-electron chi connectivity index (χ4n) is 2.94. The van der Waals surface area contributed by atoms with Gasteiger partial charge in [0.2, 0.25) is 0 Å². The number of urea groups is 1. The number of carboxylic acid groups (broad SMARTS) is 1. The van der Waals surface area contributed by atoms with E-state index in [2.05, 4.69) is 5.32 Å². The van der Waals surface area contributed by atoms with Crippen LogP contribution in [-0.2, 0) is 9.53 Å². The minimum Gasteiger partial charge on any atom is -0.479 e. The normalized spacial score (nSPS) is 24.0. The van der Waals surface area contributed by atoms with Gasteiger partial charge in [-0.25, -0.2) is 9.59 Å². The summed E-state index contributed by atoms with van der Waals surface area (Å²) in [5.41, 5.74) is 1.18. The summed E-state index contributed by atoms with van der Waals surface area (Å²) in [6.45, 7) is 3.30. The van der Waals surface area contributed by atoms with Crippen molar-refractivity contribution in [2.75, 3.05) is 31.1 Å². The van der Waals surface area contributed by atoms with Crippen molar-refractivity contribution in [3.8, 4) is 0 Å². The minimum absolute atomic E-state index is 0.0226. The van der Waals surface area contributed by atoms with Crippen LogP contribution in [0.5, 0.6) is 0 Å². The molecule has 8 heteroatoms. The van der Waals surface area contributed by atoms with Gasteiger partial charge in [-0.15, -0.1) is 0 Å². The summed E-state index contributed by atoms with van der Waals surface area (Å²) in [6.07, 6.45) is -1.35. The first-order valence-electron chi connectivity index (χ1n) is 7.78. The van der Waals surface area contributed by atoms with Gasteiger partial charge < -0.3 is 20.1 Å². The number of benzene rings is 1. The van der Waals surface area contributed by atoms with E-state index in [-0.39, 0.29) is 24.6 Å². The standard InChI is InChI=1S/C16H19N3O5/c1-10-8-18(9-13(24-10)15(21)22)14(20)11-2-4-12(5-3-11)19-7-6-17-16(19)23/h2-5,10,13H,6-9H2,1H3,(H,17,23)(H,21,22)/t10-,13?/m1/s1. The van der Waals surface area contributed by atoms with Crippen LogP contribution >= 0.6 is 0 Å². The molecule has 24 heavy (non-hydrogen) atoms. The van der Waals surface area contributed by atoms with Crippen molar-refractivity contribution in [1.29, 1.82) is 0 Å². The topological polar surface area (TPSA) is 99.2 Å². The monoisotopic (exact) mass is 333 g/mol. The van der Waals surface area contributed by atoms with Gasteiger partial charge in [0.15, 0.2) is 6.10 Å². The van der Waals surface area contributed by atoms with Gasteiger partial charge in [0, 0.05) is 30.9 Å². The number of ether oxygens (including phenoxy) is 1. The van der Waals surface area contributed by atoms with Crippen LogP contribution in [0.25, 0.3) is 0 Å². The second-order valence-corrected chi connectivity index (χ2v) is 5.91. The maximum absolute atomic E-state index is 12.6. The highest BCUT2D eigenvalue weighted by Crippen LogP contribution is 2.20. The number of nitrogens with zero attached hydrogens (tertiary/aromatic N) is 2. The number of hydrogen-bond acceptors (Lipinski definition) is 4. The zero-order valence-corrected chi connectivity index (χ0v) is 13.3. The highest BCUT2D eigenvalue weighted by Gasteiger charge is 2.33. The molecule has 0 saturated carbocycles. The first-order chi connectivity index (χ1) is 11.5. The van der Waals surface area contributed by atoms with Gasteiger partial charge in [0.05, 0.1) is 12.6 Å². The van der Waals surface area contributed by atoms with Crippen LogP contribution in [0.15, 0.2) is 24.3 Å². The molecule has 1 unspecified atom stereocenters. The van der Waals surface area contributed by atoms with E-state index in [0.29, 0.717) is 25.2 Å². The summed E-state index contributed by atoms with van der Waals surface area (Å²) >= 11 is 0. The largest absolute Gasteiger partial charge is 0.479 e.